The van der Waals surface area contributed by atoms with Crippen molar-refractivity contribution in [2.75, 3.05) is 46.1 Å². The highest BCUT2D eigenvalue weighted by molar-refractivity contribution is 5.90. The molecule has 0 aliphatic heterocycles. The summed E-state index contributed by atoms with van der Waals surface area (Å²) in [4.78, 5) is 37.6. The SMILES string of the molecule is CNCC(=O)N(C)CCN(C)Cc1c[nH]c2[nH+]cnc(Nc3cccc(CCC(=O)O)c3)c12. The number of carboxylic acid groups (broad SMARTS) is 1. The average Bonchev–Trinajstić information content (AvgIpc) is 3.20. The third-order valence-corrected chi connectivity index (χ3v) is 5.43. The lowest BCUT2D eigenvalue weighted by Crippen LogP contribution is -2.38. The summed E-state index contributed by atoms with van der Waals surface area (Å²) in [5.41, 5.74) is 3.74. The molecule has 0 fully saturated rings. The second-order valence-electron chi connectivity index (χ2n) is 8.12. The molecule has 10 nitrogen and oxygen atoms in total. The van der Waals surface area contributed by atoms with Gasteiger partial charge >= 0.3 is 5.97 Å². The van der Waals surface area contributed by atoms with Crippen molar-refractivity contribution >= 4 is 34.4 Å². The van der Waals surface area contributed by atoms with E-state index in [-0.39, 0.29) is 12.3 Å². The maximum Gasteiger partial charge on any atom is 0.303 e. The first kappa shape index (κ1) is 24.1. The highest BCUT2D eigenvalue weighted by Gasteiger charge is 2.18. The Balaban J connectivity index is 1.71. The first-order valence-corrected chi connectivity index (χ1v) is 10.9. The quantitative estimate of drug-likeness (QED) is 0.324. The van der Waals surface area contributed by atoms with E-state index in [9.17, 15) is 9.59 Å². The number of aryl methyl sites for hydroxylation is 1. The fourth-order valence-corrected chi connectivity index (χ4v) is 3.59. The second kappa shape index (κ2) is 11.4. The summed E-state index contributed by atoms with van der Waals surface area (Å²) < 4.78 is 0. The van der Waals surface area contributed by atoms with E-state index in [1.807, 2.05) is 44.6 Å². The van der Waals surface area contributed by atoms with Crippen LogP contribution in [0, 0.1) is 0 Å². The lowest BCUT2D eigenvalue weighted by atomic mass is 10.1. The summed E-state index contributed by atoms with van der Waals surface area (Å²) in [6.45, 7) is 2.38. The van der Waals surface area contributed by atoms with Crippen LogP contribution < -0.4 is 15.6 Å². The molecule has 5 N–H and O–H groups in total. The molecular formula is C23H32N7O3+. The number of hydrogen-bond acceptors (Lipinski definition) is 6. The van der Waals surface area contributed by atoms with Gasteiger partial charge in [-0.1, -0.05) is 17.1 Å². The molecule has 2 aromatic heterocycles. The van der Waals surface area contributed by atoms with Gasteiger partial charge in [0.1, 0.15) is 5.39 Å². The molecule has 0 radical (unpaired) electrons. The van der Waals surface area contributed by atoms with Crippen LogP contribution in [0.15, 0.2) is 36.8 Å². The minimum atomic E-state index is -0.811. The van der Waals surface area contributed by atoms with Crippen LogP contribution in [-0.4, -0.2) is 77.5 Å². The molecule has 0 saturated heterocycles. The molecule has 10 heteroatoms. The number of carboxylic acids is 1. The Morgan fingerprint density at radius 3 is 2.82 bits per heavy atom. The van der Waals surface area contributed by atoms with E-state index in [1.54, 1.807) is 18.3 Å². The van der Waals surface area contributed by atoms with Gasteiger partial charge in [-0.05, 0) is 38.2 Å². The van der Waals surface area contributed by atoms with Crippen LogP contribution in [0.5, 0.6) is 0 Å². The minimum Gasteiger partial charge on any atom is -0.481 e. The standard InChI is InChI=1S/C23H31N7O3/c1-24-13-19(31)30(3)10-9-29(2)14-17-12-25-22-21(17)23(27-15-26-22)28-18-6-4-5-16(11-18)7-8-20(32)33/h4-6,11-12,15,24H,7-10,13-14H2,1-3H3,(H,32,33)(H2,25,26,27,28)/p+1. The predicted molar refractivity (Wildman–Crippen MR) is 126 cm³/mol. The normalized spacial score (nSPS) is 11.2. The number of carbonyl (C=O) groups excluding carboxylic acids is 1. The largest absolute Gasteiger partial charge is 0.481 e. The molecule has 0 unspecified atom stereocenters. The molecule has 2 heterocycles. The first-order chi connectivity index (χ1) is 15.9. The Labute approximate surface area is 193 Å². The highest BCUT2D eigenvalue weighted by atomic mass is 16.4. The number of aromatic nitrogens is 3. The van der Waals surface area contributed by atoms with Crippen LogP contribution in [0.25, 0.3) is 11.0 Å². The Bertz CT molecular complexity index is 1100. The number of aliphatic carboxylic acids is 1. The van der Waals surface area contributed by atoms with E-state index in [0.29, 0.717) is 31.9 Å². The van der Waals surface area contributed by atoms with E-state index in [1.165, 1.54) is 0 Å². The zero-order chi connectivity index (χ0) is 23.8. The van der Waals surface area contributed by atoms with Crippen LogP contribution in [-0.2, 0) is 22.6 Å². The number of likely N-dealkylation sites (N-methyl/N-ethyl adjacent to an activating group) is 3. The van der Waals surface area contributed by atoms with Gasteiger partial charge in [-0.3, -0.25) is 14.6 Å². The molecular weight excluding hydrogens is 422 g/mol. The van der Waals surface area contributed by atoms with Gasteiger partial charge in [0.25, 0.3) is 0 Å². The summed E-state index contributed by atoms with van der Waals surface area (Å²) in [6, 6.07) is 7.71. The van der Waals surface area contributed by atoms with Crippen molar-refractivity contribution in [1.82, 2.24) is 25.1 Å². The molecule has 0 spiro atoms. The van der Waals surface area contributed by atoms with Gasteiger partial charge in [-0.2, -0.15) is 0 Å². The Morgan fingerprint density at radius 2 is 2.06 bits per heavy atom. The maximum absolute atomic E-state index is 12.0. The smallest absolute Gasteiger partial charge is 0.303 e. The number of hydrogen-bond donors (Lipinski definition) is 4. The van der Waals surface area contributed by atoms with E-state index >= 15 is 0 Å². The van der Waals surface area contributed by atoms with Crippen molar-refractivity contribution in [2.24, 2.45) is 0 Å². The molecule has 3 aromatic rings. The topological polar surface area (TPSA) is 128 Å². The number of H-pyrrole nitrogens is 2. The number of nitrogens with one attached hydrogen (secondary N) is 4. The van der Waals surface area contributed by atoms with E-state index in [2.05, 4.69) is 30.5 Å². The van der Waals surface area contributed by atoms with Gasteiger partial charge in [-0.15, -0.1) is 0 Å². The highest BCUT2D eigenvalue weighted by Crippen LogP contribution is 2.26. The zero-order valence-electron chi connectivity index (χ0n) is 19.3. The van der Waals surface area contributed by atoms with E-state index < -0.39 is 5.97 Å². The Kier molecular flexibility index (Phi) is 8.34. The molecule has 0 bridgehead atoms. The van der Waals surface area contributed by atoms with Crippen LogP contribution >= 0.6 is 0 Å². The Hall–Kier alpha value is -3.50. The molecule has 1 amide bonds. The van der Waals surface area contributed by atoms with Crippen LogP contribution in [0.3, 0.4) is 0 Å². The number of nitrogens with zero attached hydrogens (tertiary/aromatic N) is 3. The number of aromatic amines is 2. The van der Waals surface area contributed by atoms with Gasteiger partial charge in [0.15, 0.2) is 0 Å². The molecule has 176 valence electrons. The van der Waals surface area contributed by atoms with Crippen LogP contribution in [0.1, 0.15) is 17.5 Å². The van der Waals surface area contributed by atoms with Crippen molar-refractivity contribution in [3.8, 4) is 0 Å². The predicted octanol–water partition coefficient (Wildman–Crippen LogP) is 1.25. The molecule has 0 saturated carbocycles. The molecule has 33 heavy (non-hydrogen) atoms. The lowest BCUT2D eigenvalue weighted by Gasteiger charge is -2.22. The lowest BCUT2D eigenvalue weighted by molar-refractivity contribution is -0.352. The van der Waals surface area contributed by atoms with E-state index in [0.717, 1.165) is 34.4 Å². The average molecular weight is 455 g/mol. The molecule has 1 aromatic carbocycles. The van der Waals surface area contributed by atoms with Gasteiger partial charge in [0.2, 0.25) is 23.7 Å². The van der Waals surface area contributed by atoms with Crippen molar-refractivity contribution < 1.29 is 19.7 Å². The van der Waals surface area contributed by atoms with Gasteiger partial charge < -0.3 is 25.5 Å². The van der Waals surface area contributed by atoms with Gasteiger partial charge in [0.05, 0.1) is 12.7 Å². The van der Waals surface area contributed by atoms with Crippen molar-refractivity contribution in [1.29, 1.82) is 0 Å². The Morgan fingerprint density at radius 1 is 1.24 bits per heavy atom. The van der Waals surface area contributed by atoms with Gasteiger partial charge in [-0.25, -0.2) is 4.98 Å². The molecule has 0 aliphatic carbocycles. The summed E-state index contributed by atoms with van der Waals surface area (Å²) in [6.07, 6.45) is 4.16. The summed E-state index contributed by atoms with van der Waals surface area (Å²) in [5, 5.41) is 16.2. The van der Waals surface area contributed by atoms with Crippen LogP contribution in [0.2, 0.25) is 0 Å². The summed E-state index contributed by atoms with van der Waals surface area (Å²) in [7, 11) is 5.59. The number of carbonyl (C=O) groups is 2. The zero-order valence-corrected chi connectivity index (χ0v) is 19.3. The fraction of sp³-hybridized carbons (Fsp3) is 0.391. The monoisotopic (exact) mass is 454 g/mol. The van der Waals surface area contributed by atoms with Crippen molar-refractivity contribution in [2.45, 2.75) is 19.4 Å². The number of benzene rings is 1. The van der Waals surface area contributed by atoms with Crippen LogP contribution in [0.4, 0.5) is 11.5 Å². The molecule has 0 atom stereocenters. The number of fused-ring (bicyclic) bond motifs is 1. The van der Waals surface area contributed by atoms with E-state index in [4.69, 9.17) is 5.11 Å². The second-order valence-corrected chi connectivity index (χ2v) is 8.12. The maximum atomic E-state index is 12.0. The van der Waals surface area contributed by atoms with Crippen molar-refractivity contribution in [3.63, 3.8) is 0 Å². The first-order valence-electron chi connectivity index (χ1n) is 10.9. The summed E-state index contributed by atoms with van der Waals surface area (Å²) >= 11 is 0. The minimum absolute atomic E-state index is 0.0638. The van der Waals surface area contributed by atoms with Crippen molar-refractivity contribution in [3.05, 3.63) is 47.9 Å². The molecule has 3 rings (SSSR count). The third-order valence-electron chi connectivity index (χ3n) is 5.43. The molecule has 0 aliphatic rings. The summed E-state index contributed by atoms with van der Waals surface area (Å²) in [5.74, 6) is -0.0343. The van der Waals surface area contributed by atoms with Gasteiger partial charge in [0, 0.05) is 44.4 Å². The number of anilines is 2. The number of rotatable bonds is 12. The number of amides is 1. The fourth-order valence-electron chi connectivity index (χ4n) is 3.59. The third kappa shape index (κ3) is 6.74.